The first kappa shape index (κ1) is 17.2. The van der Waals surface area contributed by atoms with Crippen LogP contribution in [0, 0.1) is 11.3 Å². The Hall–Kier alpha value is -2.67. The Balaban J connectivity index is 1.92. The monoisotopic (exact) mass is 368 g/mol. The number of nitriles is 1. The van der Waals surface area contributed by atoms with Gasteiger partial charge in [0, 0.05) is 28.7 Å². The summed E-state index contributed by atoms with van der Waals surface area (Å²) < 4.78 is 7.15. The van der Waals surface area contributed by atoms with Crippen LogP contribution in [0.5, 0.6) is 5.75 Å². The Morgan fingerprint density at radius 3 is 2.52 bits per heavy atom. The molecule has 0 amide bonds. The van der Waals surface area contributed by atoms with Gasteiger partial charge in [-0.25, -0.2) is 0 Å². The molecule has 0 N–H and O–H groups in total. The van der Waals surface area contributed by atoms with E-state index in [0.717, 1.165) is 17.0 Å². The highest BCUT2D eigenvalue weighted by Gasteiger charge is 2.08. The third-order valence-corrected chi connectivity index (χ3v) is 4.29. The van der Waals surface area contributed by atoms with Crippen molar-refractivity contribution in [3.05, 3.63) is 82.1 Å². The summed E-state index contributed by atoms with van der Waals surface area (Å²) in [5, 5.41) is 10.5. The molecule has 0 aliphatic carbocycles. The zero-order chi connectivity index (χ0) is 17.8. The van der Waals surface area contributed by atoms with Gasteiger partial charge in [0.15, 0.2) is 0 Å². The molecule has 25 heavy (non-hydrogen) atoms. The van der Waals surface area contributed by atoms with Crippen LogP contribution in [0.4, 0.5) is 0 Å². The molecule has 1 aromatic heterocycles. The maximum Gasteiger partial charge on any atom is 0.119 e. The Bertz CT molecular complexity index is 966. The van der Waals surface area contributed by atoms with Crippen molar-refractivity contribution in [2.45, 2.75) is 0 Å². The maximum atomic E-state index is 9.49. The van der Waals surface area contributed by atoms with E-state index in [1.807, 2.05) is 47.3 Å². The van der Waals surface area contributed by atoms with Crippen LogP contribution in [-0.2, 0) is 0 Å². The summed E-state index contributed by atoms with van der Waals surface area (Å²) in [4.78, 5) is 0. The number of methoxy groups -OCH3 is 1. The first-order valence-electron chi connectivity index (χ1n) is 7.50. The third kappa shape index (κ3) is 3.88. The predicted octanol–water partition coefficient (Wildman–Crippen LogP) is 5.86. The quantitative estimate of drug-likeness (QED) is 0.541. The number of benzene rings is 2. The van der Waals surface area contributed by atoms with E-state index in [0.29, 0.717) is 21.2 Å². The Labute approximate surface area is 156 Å². The van der Waals surface area contributed by atoms with Crippen molar-refractivity contribution in [2.24, 2.45) is 0 Å². The van der Waals surface area contributed by atoms with Crippen molar-refractivity contribution in [3.8, 4) is 17.5 Å². The van der Waals surface area contributed by atoms with Crippen molar-refractivity contribution in [2.75, 3.05) is 7.11 Å². The fourth-order valence-corrected chi connectivity index (χ4v) is 2.97. The molecule has 0 saturated carbocycles. The number of halogens is 2. The zero-order valence-corrected chi connectivity index (χ0v) is 14.9. The molecule has 1 heterocycles. The number of allylic oxidation sites excluding steroid dienone is 1. The molecule has 0 radical (unpaired) electrons. The van der Waals surface area contributed by atoms with E-state index < -0.39 is 0 Å². The lowest BCUT2D eigenvalue weighted by Gasteiger charge is -2.04. The van der Waals surface area contributed by atoms with Gasteiger partial charge < -0.3 is 9.30 Å². The minimum absolute atomic E-state index is 0.454. The van der Waals surface area contributed by atoms with E-state index in [1.54, 1.807) is 31.4 Å². The molecule has 0 aliphatic rings. The number of nitrogens with zero attached hydrogens (tertiary/aromatic N) is 2. The number of hydrogen-bond acceptors (Lipinski definition) is 2. The molecule has 0 bridgehead atoms. The molecular weight excluding hydrogens is 355 g/mol. The van der Waals surface area contributed by atoms with Crippen molar-refractivity contribution in [1.29, 1.82) is 5.26 Å². The van der Waals surface area contributed by atoms with Crippen LogP contribution >= 0.6 is 23.2 Å². The van der Waals surface area contributed by atoms with Gasteiger partial charge in [-0.1, -0.05) is 29.3 Å². The maximum absolute atomic E-state index is 9.49. The highest BCUT2D eigenvalue weighted by molar-refractivity contribution is 6.36. The highest BCUT2D eigenvalue weighted by atomic mass is 35.5. The standard InChI is InChI=1S/C20H14Cl2N2O/c1-25-18-5-3-17(4-6-18)24-9-8-14(13-24)10-15(12-23)19-7-2-16(21)11-20(19)22/h2-11,13H,1H3/b15-10+. The second kappa shape index (κ2) is 7.48. The van der Waals surface area contributed by atoms with Crippen molar-refractivity contribution in [1.82, 2.24) is 4.57 Å². The van der Waals surface area contributed by atoms with E-state index in [2.05, 4.69) is 6.07 Å². The lowest BCUT2D eigenvalue weighted by molar-refractivity contribution is 0.415. The molecule has 2 aromatic carbocycles. The minimum atomic E-state index is 0.454. The Morgan fingerprint density at radius 1 is 1.12 bits per heavy atom. The Kier molecular flexibility index (Phi) is 5.14. The van der Waals surface area contributed by atoms with Crippen LogP contribution in [0.2, 0.25) is 10.0 Å². The zero-order valence-electron chi connectivity index (χ0n) is 13.4. The average molecular weight is 369 g/mol. The second-order valence-electron chi connectivity index (χ2n) is 5.34. The average Bonchev–Trinajstić information content (AvgIpc) is 3.09. The summed E-state index contributed by atoms with van der Waals surface area (Å²) in [7, 11) is 1.64. The van der Waals surface area contributed by atoms with Crippen LogP contribution in [0.15, 0.2) is 60.9 Å². The normalized spacial score (nSPS) is 11.2. The molecule has 3 aromatic rings. The van der Waals surface area contributed by atoms with Gasteiger partial charge in [-0.2, -0.15) is 5.26 Å². The van der Waals surface area contributed by atoms with Gasteiger partial charge >= 0.3 is 0 Å². The molecule has 124 valence electrons. The molecule has 0 saturated heterocycles. The number of aromatic nitrogens is 1. The Morgan fingerprint density at radius 2 is 1.88 bits per heavy atom. The van der Waals surface area contributed by atoms with Crippen LogP contribution < -0.4 is 4.74 Å². The molecule has 3 rings (SSSR count). The van der Waals surface area contributed by atoms with Gasteiger partial charge in [0.25, 0.3) is 0 Å². The van der Waals surface area contributed by atoms with Gasteiger partial charge in [-0.15, -0.1) is 0 Å². The molecule has 5 heteroatoms. The summed E-state index contributed by atoms with van der Waals surface area (Å²) >= 11 is 12.1. The van der Waals surface area contributed by atoms with Crippen LogP contribution in [0.1, 0.15) is 11.1 Å². The third-order valence-electron chi connectivity index (χ3n) is 3.74. The SMILES string of the molecule is COc1ccc(-n2ccc(/C=C(\C#N)c3ccc(Cl)cc3Cl)c2)cc1. The van der Waals surface area contributed by atoms with Crippen molar-refractivity contribution < 1.29 is 4.74 Å². The van der Waals surface area contributed by atoms with E-state index in [-0.39, 0.29) is 0 Å². The topological polar surface area (TPSA) is 38.0 Å². The number of hydrogen-bond donors (Lipinski definition) is 0. The number of ether oxygens (including phenoxy) is 1. The summed E-state index contributed by atoms with van der Waals surface area (Å²) in [5.41, 5.74) is 3.04. The molecule has 0 aliphatic heterocycles. The fraction of sp³-hybridized carbons (Fsp3) is 0.0500. The van der Waals surface area contributed by atoms with Gasteiger partial charge in [0.2, 0.25) is 0 Å². The van der Waals surface area contributed by atoms with Crippen LogP contribution in [0.25, 0.3) is 17.3 Å². The van der Waals surface area contributed by atoms with E-state index >= 15 is 0 Å². The lowest BCUT2D eigenvalue weighted by atomic mass is 10.1. The van der Waals surface area contributed by atoms with Gasteiger partial charge in [0.05, 0.1) is 23.8 Å². The van der Waals surface area contributed by atoms with Gasteiger partial charge in [0.1, 0.15) is 5.75 Å². The summed E-state index contributed by atoms with van der Waals surface area (Å²) in [6.07, 6.45) is 5.68. The van der Waals surface area contributed by atoms with Crippen molar-refractivity contribution >= 4 is 34.9 Å². The van der Waals surface area contributed by atoms with E-state index in [1.165, 1.54) is 0 Å². The largest absolute Gasteiger partial charge is 0.497 e. The minimum Gasteiger partial charge on any atom is -0.497 e. The molecular formula is C20H14Cl2N2O. The predicted molar refractivity (Wildman–Crippen MR) is 102 cm³/mol. The van der Waals surface area contributed by atoms with E-state index in [4.69, 9.17) is 27.9 Å². The van der Waals surface area contributed by atoms with Crippen LogP contribution in [0.3, 0.4) is 0 Å². The summed E-state index contributed by atoms with van der Waals surface area (Å²) in [6.45, 7) is 0. The summed E-state index contributed by atoms with van der Waals surface area (Å²) in [5.74, 6) is 0.806. The first-order valence-corrected chi connectivity index (χ1v) is 8.26. The van der Waals surface area contributed by atoms with Crippen LogP contribution in [-0.4, -0.2) is 11.7 Å². The lowest BCUT2D eigenvalue weighted by Crippen LogP contribution is -1.90. The molecule has 0 fully saturated rings. The smallest absolute Gasteiger partial charge is 0.119 e. The highest BCUT2D eigenvalue weighted by Crippen LogP contribution is 2.28. The molecule has 0 spiro atoms. The van der Waals surface area contributed by atoms with Gasteiger partial charge in [-0.05, 0) is 54.1 Å². The molecule has 0 unspecified atom stereocenters. The second-order valence-corrected chi connectivity index (χ2v) is 6.19. The van der Waals surface area contributed by atoms with Gasteiger partial charge in [-0.3, -0.25) is 0 Å². The molecule has 3 nitrogen and oxygen atoms in total. The number of rotatable bonds is 4. The summed E-state index contributed by atoms with van der Waals surface area (Å²) in [6, 6.07) is 17.0. The fourth-order valence-electron chi connectivity index (χ4n) is 2.46. The first-order chi connectivity index (χ1) is 12.1. The van der Waals surface area contributed by atoms with Crippen molar-refractivity contribution in [3.63, 3.8) is 0 Å². The van der Waals surface area contributed by atoms with E-state index in [9.17, 15) is 5.26 Å². The molecule has 0 atom stereocenters.